The number of allylic oxidation sites excluding steroid dienone is 1. The molecule has 0 radical (unpaired) electrons. The second kappa shape index (κ2) is 4.55. The topological polar surface area (TPSA) is 38.0 Å². The van der Waals surface area contributed by atoms with Gasteiger partial charge in [0, 0.05) is 17.1 Å². The first-order valence-electron chi connectivity index (χ1n) is 4.52. The Labute approximate surface area is 79.5 Å². The number of nitrogens with one attached hydrogen (secondary N) is 1. The van der Waals surface area contributed by atoms with E-state index in [1.165, 1.54) is 0 Å². The molecule has 0 aliphatic rings. The highest BCUT2D eigenvalue weighted by Gasteiger charge is 1.94. The molecular weight excluding hydrogens is 160 g/mol. The molecule has 3 N–H and O–H groups in total. The molecule has 0 spiro atoms. The van der Waals surface area contributed by atoms with E-state index in [1.54, 1.807) is 0 Å². The van der Waals surface area contributed by atoms with Gasteiger partial charge in [0.15, 0.2) is 0 Å². The molecule has 13 heavy (non-hydrogen) atoms. The predicted molar refractivity (Wildman–Crippen MR) is 58.5 cm³/mol. The number of benzene rings is 1. The Morgan fingerprint density at radius 1 is 1.54 bits per heavy atom. The third-order valence-electron chi connectivity index (χ3n) is 1.76. The Balaban J connectivity index is 2.58. The maximum atomic E-state index is 5.64. The van der Waals surface area contributed by atoms with E-state index < -0.39 is 0 Å². The maximum absolute atomic E-state index is 5.64. The van der Waals surface area contributed by atoms with Crippen molar-refractivity contribution in [1.29, 1.82) is 0 Å². The van der Waals surface area contributed by atoms with Crippen LogP contribution < -0.4 is 11.1 Å². The van der Waals surface area contributed by atoms with E-state index in [9.17, 15) is 0 Å². The zero-order chi connectivity index (χ0) is 9.68. The fourth-order valence-corrected chi connectivity index (χ4v) is 1.18. The summed E-state index contributed by atoms with van der Waals surface area (Å²) in [6.45, 7) is 6.05. The molecule has 0 heterocycles. The van der Waals surface area contributed by atoms with Gasteiger partial charge in [-0.15, -0.1) is 0 Å². The van der Waals surface area contributed by atoms with Crippen molar-refractivity contribution in [3.63, 3.8) is 0 Å². The van der Waals surface area contributed by atoms with Crippen LogP contribution in [0.5, 0.6) is 0 Å². The molecule has 0 unspecified atom stereocenters. The van der Waals surface area contributed by atoms with Crippen molar-refractivity contribution < 1.29 is 0 Å². The number of nitrogens with two attached hydrogens (primary N) is 1. The standard InChI is InChI=1S/C11H16N2/c1-3-5-9(2)13-11-7-4-6-10(12)8-11/h4,6-8,13H,2-3,5,12H2,1H3. The minimum absolute atomic E-state index is 0.772. The van der Waals surface area contributed by atoms with Crippen LogP contribution in [-0.4, -0.2) is 0 Å². The van der Waals surface area contributed by atoms with Crippen molar-refractivity contribution in [3.8, 4) is 0 Å². The highest BCUT2D eigenvalue weighted by molar-refractivity contribution is 5.56. The lowest BCUT2D eigenvalue weighted by atomic mass is 10.2. The first-order valence-corrected chi connectivity index (χ1v) is 4.52. The van der Waals surface area contributed by atoms with Crippen molar-refractivity contribution in [3.05, 3.63) is 36.5 Å². The van der Waals surface area contributed by atoms with Crippen LogP contribution in [0.25, 0.3) is 0 Å². The summed E-state index contributed by atoms with van der Waals surface area (Å²) in [6.07, 6.45) is 2.10. The van der Waals surface area contributed by atoms with E-state index in [0.29, 0.717) is 0 Å². The zero-order valence-electron chi connectivity index (χ0n) is 8.01. The van der Waals surface area contributed by atoms with Gasteiger partial charge in [0.1, 0.15) is 0 Å². The van der Waals surface area contributed by atoms with Crippen LogP contribution in [0.1, 0.15) is 19.8 Å². The minimum atomic E-state index is 0.772. The average Bonchev–Trinajstić information content (AvgIpc) is 2.04. The zero-order valence-corrected chi connectivity index (χ0v) is 8.01. The van der Waals surface area contributed by atoms with E-state index in [2.05, 4.69) is 18.8 Å². The highest BCUT2D eigenvalue weighted by atomic mass is 14.9. The number of rotatable bonds is 4. The van der Waals surface area contributed by atoms with E-state index in [1.807, 2.05) is 24.3 Å². The molecule has 0 aliphatic heterocycles. The summed E-state index contributed by atoms with van der Waals surface area (Å²) in [6, 6.07) is 7.68. The SMILES string of the molecule is C=C(CCC)Nc1cccc(N)c1. The quantitative estimate of drug-likeness (QED) is 0.692. The third-order valence-corrected chi connectivity index (χ3v) is 1.76. The molecule has 1 rings (SSSR count). The van der Waals surface area contributed by atoms with Gasteiger partial charge in [-0.2, -0.15) is 0 Å². The highest BCUT2D eigenvalue weighted by Crippen LogP contribution is 2.14. The predicted octanol–water partition coefficient (Wildman–Crippen LogP) is 2.99. The molecule has 0 fully saturated rings. The van der Waals surface area contributed by atoms with Crippen LogP contribution in [0, 0.1) is 0 Å². The summed E-state index contributed by atoms with van der Waals surface area (Å²) in [5.74, 6) is 0. The summed E-state index contributed by atoms with van der Waals surface area (Å²) in [7, 11) is 0. The minimum Gasteiger partial charge on any atom is -0.399 e. The van der Waals surface area contributed by atoms with Gasteiger partial charge in [0.25, 0.3) is 0 Å². The molecule has 0 aliphatic carbocycles. The first kappa shape index (κ1) is 9.65. The van der Waals surface area contributed by atoms with Gasteiger partial charge in [-0.25, -0.2) is 0 Å². The fraction of sp³-hybridized carbons (Fsp3) is 0.273. The lowest BCUT2D eigenvalue weighted by Gasteiger charge is -2.08. The molecule has 0 saturated heterocycles. The van der Waals surface area contributed by atoms with E-state index >= 15 is 0 Å². The third kappa shape index (κ3) is 3.20. The molecule has 1 aromatic carbocycles. The second-order valence-electron chi connectivity index (χ2n) is 3.10. The monoisotopic (exact) mass is 176 g/mol. The molecule has 0 amide bonds. The van der Waals surface area contributed by atoms with Crippen molar-refractivity contribution >= 4 is 11.4 Å². The molecule has 0 atom stereocenters. The summed E-state index contributed by atoms with van der Waals surface area (Å²) >= 11 is 0. The summed E-state index contributed by atoms with van der Waals surface area (Å²) in [5.41, 5.74) is 8.46. The molecule has 0 bridgehead atoms. The molecular formula is C11H16N2. The Bertz CT molecular complexity index is 292. The van der Waals surface area contributed by atoms with E-state index in [4.69, 9.17) is 5.73 Å². The number of nitrogen functional groups attached to an aromatic ring is 1. The number of hydrogen-bond acceptors (Lipinski definition) is 2. The Morgan fingerprint density at radius 2 is 2.31 bits per heavy atom. The Morgan fingerprint density at radius 3 is 2.92 bits per heavy atom. The van der Waals surface area contributed by atoms with Crippen molar-refractivity contribution in [1.82, 2.24) is 0 Å². The van der Waals surface area contributed by atoms with Gasteiger partial charge in [-0.05, 0) is 24.6 Å². The summed E-state index contributed by atoms with van der Waals surface area (Å²) < 4.78 is 0. The largest absolute Gasteiger partial charge is 0.399 e. The van der Waals surface area contributed by atoms with Gasteiger partial charge < -0.3 is 11.1 Å². The molecule has 2 heteroatoms. The average molecular weight is 176 g/mol. The van der Waals surface area contributed by atoms with Gasteiger partial charge in [0.05, 0.1) is 0 Å². The van der Waals surface area contributed by atoms with Crippen LogP contribution in [0.3, 0.4) is 0 Å². The van der Waals surface area contributed by atoms with Crippen LogP contribution >= 0.6 is 0 Å². The molecule has 70 valence electrons. The van der Waals surface area contributed by atoms with Gasteiger partial charge in [-0.1, -0.05) is 26.0 Å². The van der Waals surface area contributed by atoms with Crippen LogP contribution in [0.2, 0.25) is 0 Å². The fourth-order valence-electron chi connectivity index (χ4n) is 1.18. The van der Waals surface area contributed by atoms with Crippen molar-refractivity contribution in [2.45, 2.75) is 19.8 Å². The van der Waals surface area contributed by atoms with Gasteiger partial charge >= 0.3 is 0 Å². The molecule has 2 nitrogen and oxygen atoms in total. The Kier molecular flexibility index (Phi) is 3.38. The van der Waals surface area contributed by atoms with E-state index in [0.717, 1.165) is 29.9 Å². The second-order valence-corrected chi connectivity index (χ2v) is 3.10. The normalized spacial score (nSPS) is 9.62. The lowest BCUT2D eigenvalue weighted by Crippen LogP contribution is -1.97. The number of hydrogen-bond donors (Lipinski definition) is 2. The van der Waals surface area contributed by atoms with E-state index in [-0.39, 0.29) is 0 Å². The molecule has 1 aromatic rings. The van der Waals surface area contributed by atoms with Crippen LogP contribution in [0.4, 0.5) is 11.4 Å². The molecule has 0 aromatic heterocycles. The summed E-state index contributed by atoms with van der Waals surface area (Å²) in [4.78, 5) is 0. The smallest absolute Gasteiger partial charge is 0.0402 e. The number of anilines is 2. The lowest BCUT2D eigenvalue weighted by molar-refractivity contribution is 0.913. The Hall–Kier alpha value is -1.44. The molecule has 0 saturated carbocycles. The summed E-state index contributed by atoms with van der Waals surface area (Å²) in [5, 5.41) is 3.21. The van der Waals surface area contributed by atoms with Crippen LogP contribution in [0.15, 0.2) is 36.5 Å². The first-order chi connectivity index (χ1) is 6.22. The van der Waals surface area contributed by atoms with Gasteiger partial charge in [-0.3, -0.25) is 0 Å². The van der Waals surface area contributed by atoms with Gasteiger partial charge in [0.2, 0.25) is 0 Å². The van der Waals surface area contributed by atoms with Crippen molar-refractivity contribution in [2.24, 2.45) is 0 Å². The maximum Gasteiger partial charge on any atom is 0.0402 e. The van der Waals surface area contributed by atoms with Crippen LogP contribution in [-0.2, 0) is 0 Å². The van der Waals surface area contributed by atoms with Crippen molar-refractivity contribution in [2.75, 3.05) is 11.1 Å².